The number of para-hydroxylation sites is 1. The van der Waals surface area contributed by atoms with Crippen LogP contribution in [0.25, 0.3) is 0 Å². The first-order valence-electron chi connectivity index (χ1n) is 6.44. The van der Waals surface area contributed by atoms with Crippen LogP contribution < -0.4 is 9.44 Å². The average molecular weight is 386 g/mol. The smallest absolute Gasteiger partial charge is 0.282 e. The van der Waals surface area contributed by atoms with E-state index in [0.29, 0.717) is 12.8 Å². The molecule has 0 fully saturated rings. The molecule has 0 heterocycles. The molecule has 0 aromatic heterocycles. The van der Waals surface area contributed by atoms with Gasteiger partial charge in [-0.05, 0) is 18.6 Å². The molecule has 23 heavy (non-hydrogen) atoms. The summed E-state index contributed by atoms with van der Waals surface area (Å²) in [7, 11) is -12.5. The maximum absolute atomic E-state index is 12.0. The van der Waals surface area contributed by atoms with Crippen LogP contribution in [0.15, 0.2) is 23.1 Å². The van der Waals surface area contributed by atoms with Gasteiger partial charge in [0.05, 0.1) is 23.4 Å². The molecule has 9 nitrogen and oxygen atoms in total. The van der Waals surface area contributed by atoms with Crippen molar-refractivity contribution in [2.24, 2.45) is 0 Å². The Morgan fingerprint density at radius 3 is 2.13 bits per heavy atom. The Morgan fingerprint density at radius 1 is 1.04 bits per heavy atom. The normalized spacial score (nSPS) is 12.8. The van der Waals surface area contributed by atoms with Gasteiger partial charge in [0.2, 0.25) is 20.0 Å². The number of anilines is 2. The first kappa shape index (κ1) is 19.7. The Labute approximate surface area is 136 Å². The highest BCUT2D eigenvalue weighted by Crippen LogP contribution is 2.31. The van der Waals surface area contributed by atoms with Gasteiger partial charge in [-0.1, -0.05) is 19.4 Å². The summed E-state index contributed by atoms with van der Waals surface area (Å²) in [6, 6.07) is 3.30. The van der Waals surface area contributed by atoms with Crippen LogP contribution in [0.2, 0.25) is 0 Å². The van der Waals surface area contributed by atoms with Crippen molar-refractivity contribution in [3.63, 3.8) is 0 Å². The molecule has 0 aliphatic carbocycles. The second kappa shape index (κ2) is 7.03. The van der Waals surface area contributed by atoms with Crippen LogP contribution in [0.3, 0.4) is 0 Å². The summed E-state index contributed by atoms with van der Waals surface area (Å²) in [5.41, 5.74) is -0.848. The van der Waals surface area contributed by atoms with Crippen LogP contribution in [-0.2, 0) is 30.2 Å². The first-order chi connectivity index (χ1) is 10.4. The van der Waals surface area contributed by atoms with Gasteiger partial charge in [0.25, 0.3) is 10.1 Å². The number of hydrogen-bond donors (Lipinski definition) is 3. The second-order valence-electron chi connectivity index (χ2n) is 4.80. The van der Waals surface area contributed by atoms with E-state index in [2.05, 4.69) is 0 Å². The summed E-state index contributed by atoms with van der Waals surface area (Å²) in [6.45, 7) is 1.78. The molecule has 0 aliphatic heterocycles. The third kappa shape index (κ3) is 6.33. The highest BCUT2D eigenvalue weighted by molar-refractivity contribution is 7.93. The van der Waals surface area contributed by atoms with Gasteiger partial charge in [-0.15, -0.1) is 0 Å². The molecule has 0 saturated heterocycles. The van der Waals surface area contributed by atoms with Crippen molar-refractivity contribution < 1.29 is 29.8 Å². The summed E-state index contributed by atoms with van der Waals surface area (Å²) < 4.78 is 82.8. The molecule has 132 valence electrons. The fourth-order valence-electron chi connectivity index (χ4n) is 1.68. The Hall–Kier alpha value is -1.37. The third-order valence-electron chi connectivity index (χ3n) is 2.62. The topological polar surface area (TPSA) is 147 Å². The SMILES string of the molecule is CCCCS(=O)(=O)Nc1c(NS(C)(=O)=O)cccc1S(=O)(=O)O. The fraction of sp³-hybridized carbons (Fsp3) is 0.455. The van der Waals surface area contributed by atoms with Gasteiger partial charge < -0.3 is 0 Å². The lowest BCUT2D eigenvalue weighted by molar-refractivity contribution is 0.483. The summed E-state index contributed by atoms with van der Waals surface area (Å²) in [6.07, 6.45) is 1.75. The standard InChI is InChI=1S/C11H18N2O7S3/c1-3-4-8-22(16,17)13-11-9(12-21(2,14)15)6-5-7-10(11)23(18,19)20/h5-7,12-13H,3-4,8H2,1-2H3,(H,18,19,20). The van der Waals surface area contributed by atoms with Gasteiger partial charge in [0.1, 0.15) is 4.90 Å². The molecule has 12 heteroatoms. The van der Waals surface area contributed by atoms with Gasteiger partial charge in [-0.3, -0.25) is 14.0 Å². The maximum Gasteiger partial charge on any atom is 0.296 e. The number of rotatable bonds is 8. The number of nitrogens with one attached hydrogen (secondary N) is 2. The second-order valence-corrected chi connectivity index (χ2v) is 9.78. The molecular formula is C11H18N2O7S3. The highest BCUT2D eigenvalue weighted by atomic mass is 32.2. The monoisotopic (exact) mass is 386 g/mol. The predicted octanol–water partition coefficient (Wildman–Crippen LogP) is 0.847. The Kier molecular flexibility index (Phi) is 6.01. The maximum atomic E-state index is 12.0. The van der Waals surface area contributed by atoms with Crippen LogP contribution in [0.4, 0.5) is 11.4 Å². The van der Waals surface area contributed by atoms with E-state index in [1.54, 1.807) is 6.92 Å². The Morgan fingerprint density at radius 2 is 1.65 bits per heavy atom. The summed E-state index contributed by atoms with van der Waals surface area (Å²) in [5.74, 6) is -0.276. The van der Waals surface area contributed by atoms with Crippen molar-refractivity contribution in [2.45, 2.75) is 24.7 Å². The van der Waals surface area contributed by atoms with Crippen LogP contribution in [-0.4, -0.2) is 41.8 Å². The molecule has 0 amide bonds. The van der Waals surface area contributed by atoms with Gasteiger partial charge in [-0.25, -0.2) is 16.8 Å². The van der Waals surface area contributed by atoms with E-state index >= 15 is 0 Å². The average Bonchev–Trinajstić information content (AvgIpc) is 2.35. The van der Waals surface area contributed by atoms with Crippen molar-refractivity contribution >= 4 is 41.5 Å². The molecule has 1 rings (SSSR count). The molecule has 3 N–H and O–H groups in total. The number of hydrogen-bond acceptors (Lipinski definition) is 6. The zero-order valence-corrected chi connectivity index (χ0v) is 14.9. The van der Waals surface area contributed by atoms with E-state index in [4.69, 9.17) is 0 Å². The lowest BCUT2D eigenvalue weighted by Crippen LogP contribution is -2.21. The van der Waals surface area contributed by atoms with Crippen LogP contribution >= 0.6 is 0 Å². The van der Waals surface area contributed by atoms with Gasteiger partial charge in [0, 0.05) is 0 Å². The van der Waals surface area contributed by atoms with Crippen molar-refractivity contribution in [3.8, 4) is 0 Å². The molecule has 1 aromatic carbocycles. The quantitative estimate of drug-likeness (QED) is 0.561. The molecule has 0 spiro atoms. The molecule has 0 radical (unpaired) electrons. The van der Waals surface area contributed by atoms with Gasteiger partial charge in [0.15, 0.2) is 0 Å². The van der Waals surface area contributed by atoms with E-state index in [9.17, 15) is 29.8 Å². The van der Waals surface area contributed by atoms with Crippen LogP contribution in [0.5, 0.6) is 0 Å². The van der Waals surface area contributed by atoms with E-state index in [1.165, 1.54) is 12.1 Å². The minimum atomic E-state index is -4.77. The molecule has 1 aromatic rings. The highest BCUT2D eigenvalue weighted by Gasteiger charge is 2.23. The minimum Gasteiger partial charge on any atom is -0.282 e. The van der Waals surface area contributed by atoms with Gasteiger partial charge >= 0.3 is 0 Å². The molecule has 0 unspecified atom stereocenters. The van der Waals surface area contributed by atoms with Crippen LogP contribution in [0.1, 0.15) is 19.8 Å². The number of sulfonamides is 2. The lowest BCUT2D eigenvalue weighted by atomic mass is 10.3. The molecule has 0 aliphatic rings. The predicted molar refractivity (Wildman–Crippen MR) is 87.0 cm³/mol. The molecule has 0 saturated carbocycles. The fourth-order valence-corrected chi connectivity index (χ4v) is 4.28. The van der Waals surface area contributed by atoms with Gasteiger partial charge in [-0.2, -0.15) is 8.42 Å². The van der Waals surface area contributed by atoms with E-state index < -0.39 is 40.7 Å². The number of unbranched alkanes of at least 4 members (excludes halogenated alkanes) is 1. The summed E-state index contributed by atoms with van der Waals surface area (Å²) >= 11 is 0. The molecule has 0 atom stereocenters. The largest absolute Gasteiger partial charge is 0.296 e. The van der Waals surface area contributed by atoms with Crippen molar-refractivity contribution in [3.05, 3.63) is 18.2 Å². The van der Waals surface area contributed by atoms with E-state index in [-0.39, 0.29) is 11.4 Å². The van der Waals surface area contributed by atoms with Crippen molar-refractivity contribution in [1.82, 2.24) is 0 Å². The lowest BCUT2D eigenvalue weighted by Gasteiger charge is -2.16. The van der Waals surface area contributed by atoms with E-state index in [1.807, 2.05) is 9.44 Å². The summed E-state index contributed by atoms with van der Waals surface area (Å²) in [5, 5.41) is 0. The van der Waals surface area contributed by atoms with Crippen molar-refractivity contribution in [2.75, 3.05) is 21.5 Å². The molecule has 0 bridgehead atoms. The first-order valence-corrected chi connectivity index (χ1v) is 11.4. The minimum absolute atomic E-state index is 0.276. The number of benzene rings is 1. The van der Waals surface area contributed by atoms with Crippen molar-refractivity contribution in [1.29, 1.82) is 0 Å². The Balaban J connectivity index is 3.46. The molecular weight excluding hydrogens is 368 g/mol. The summed E-state index contributed by atoms with van der Waals surface area (Å²) in [4.78, 5) is -0.744. The van der Waals surface area contributed by atoms with E-state index in [0.717, 1.165) is 12.3 Å². The van der Waals surface area contributed by atoms with Crippen LogP contribution in [0, 0.1) is 0 Å². The Bertz CT molecular complexity index is 874. The third-order valence-corrected chi connectivity index (χ3v) is 5.45. The zero-order chi connectivity index (χ0) is 17.9. The zero-order valence-electron chi connectivity index (χ0n) is 12.5.